The molecule has 2 aliphatic rings. The second-order valence-electron chi connectivity index (χ2n) is 11.6. The minimum absolute atomic E-state index is 0.0166. The summed E-state index contributed by atoms with van der Waals surface area (Å²) in [4.78, 5) is 23.8. The SMILES string of the molecule is COc1ccc2cc1OCCN(S(=O)(=O)c1cc(F)ccc1F)CCCCN(C(=O)C1CCn3ncnc3C1)CCCn1ccnc1-2. The van der Waals surface area contributed by atoms with Crippen LogP contribution in [0.4, 0.5) is 8.78 Å². The first kappa shape index (κ1) is 32.6. The Kier molecular flexibility index (Phi) is 9.82. The van der Waals surface area contributed by atoms with Crippen LogP contribution in [0.3, 0.4) is 0 Å². The minimum atomic E-state index is -4.43. The number of hydrogen-bond donors (Lipinski definition) is 0. The van der Waals surface area contributed by atoms with Crippen LogP contribution >= 0.6 is 0 Å². The first-order valence-corrected chi connectivity index (χ1v) is 17.1. The minimum Gasteiger partial charge on any atom is -0.493 e. The summed E-state index contributed by atoms with van der Waals surface area (Å²) in [5, 5.41) is 4.22. The first-order chi connectivity index (χ1) is 22.7. The molecule has 0 radical (unpaired) electrons. The molecule has 0 fully saturated rings. The van der Waals surface area contributed by atoms with Gasteiger partial charge in [0.25, 0.3) is 0 Å². The van der Waals surface area contributed by atoms with Crippen molar-refractivity contribution in [2.75, 3.05) is 39.9 Å². The van der Waals surface area contributed by atoms with E-state index in [4.69, 9.17) is 9.47 Å². The van der Waals surface area contributed by atoms with Crippen LogP contribution in [0.5, 0.6) is 11.5 Å². The zero-order valence-electron chi connectivity index (χ0n) is 26.1. The average molecular weight is 670 g/mol. The van der Waals surface area contributed by atoms with E-state index < -0.39 is 26.6 Å². The molecule has 1 amide bonds. The summed E-state index contributed by atoms with van der Waals surface area (Å²) in [6.45, 7) is 1.94. The van der Waals surface area contributed by atoms with Gasteiger partial charge in [0.05, 0.1) is 7.11 Å². The summed E-state index contributed by atoms with van der Waals surface area (Å²) >= 11 is 0. The molecule has 2 aromatic carbocycles. The molecule has 0 saturated carbocycles. The number of carbonyl (C=O) groups excluding carboxylic acids is 1. The second kappa shape index (κ2) is 14.2. The molecule has 4 heterocycles. The molecule has 1 unspecified atom stereocenters. The van der Waals surface area contributed by atoms with E-state index in [1.54, 1.807) is 18.3 Å². The molecule has 2 bridgehead atoms. The van der Waals surface area contributed by atoms with Crippen molar-refractivity contribution in [2.24, 2.45) is 5.92 Å². The van der Waals surface area contributed by atoms with Crippen LogP contribution in [-0.4, -0.2) is 87.7 Å². The molecule has 0 saturated heterocycles. The predicted molar refractivity (Wildman–Crippen MR) is 167 cm³/mol. The normalized spacial score (nSPS) is 18.4. The van der Waals surface area contributed by atoms with Gasteiger partial charge in [-0.1, -0.05) is 0 Å². The van der Waals surface area contributed by atoms with Crippen molar-refractivity contribution >= 4 is 15.9 Å². The summed E-state index contributed by atoms with van der Waals surface area (Å²) in [6.07, 6.45) is 7.81. The van der Waals surface area contributed by atoms with Crippen LogP contribution in [-0.2, 0) is 34.3 Å². The van der Waals surface area contributed by atoms with E-state index in [1.165, 1.54) is 13.4 Å². The summed E-state index contributed by atoms with van der Waals surface area (Å²) < 4.78 is 72.6. The lowest BCUT2D eigenvalue weighted by Crippen LogP contribution is -2.41. The standard InChI is InChI=1S/C32H37F2N7O5S/c1-45-27-8-5-23-19-28(27)46-18-17-40(47(43,44)29-21-25(33)6-7-26(29)34)14-3-2-11-39(13-4-12-38-16-10-35-31(23)38)32(42)24-9-15-41-30(20-24)36-22-37-41/h5-8,10,16,19,21-22,24H,2-4,9,11-15,17-18,20H2,1H3. The molecule has 0 aliphatic carbocycles. The Balaban J connectivity index is 1.28. The van der Waals surface area contributed by atoms with Gasteiger partial charge in [-0.15, -0.1) is 0 Å². The predicted octanol–water partition coefficient (Wildman–Crippen LogP) is 3.77. The number of imidazole rings is 1. The fourth-order valence-electron chi connectivity index (χ4n) is 6.16. The number of benzene rings is 2. The van der Waals surface area contributed by atoms with E-state index in [2.05, 4.69) is 15.1 Å². The maximum absolute atomic E-state index is 14.7. The van der Waals surface area contributed by atoms with Gasteiger partial charge in [-0.2, -0.15) is 9.40 Å². The number of rotatable bonds is 4. The van der Waals surface area contributed by atoms with Gasteiger partial charge in [0.2, 0.25) is 15.9 Å². The molecule has 2 aromatic heterocycles. The zero-order chi connectivity index (χ0) is 33.0. The fraction of sp³-hybridized carbons (Fsp3) is 0.438. The number of sulfonamides is 1. The molecule has 1 atom stereocenters. The maximum atomic E-state index is 14.7. The number of amides is 1. The Bertz CT molecular complexity index is 1830. The lowest BCUT2D eigenvalue weighted by molar-refractivity contribution is -0.136. The Morgan fingerprint density at radius 1 is 0.979 bits per heavy atom. The Hall–Kier alpha value is -4.37. The Morgan fingerprint density at radius 2 is 1.81 bits per heavy atom. The average Bonchev–Trinajstić information content (AvgIpc) is 3.74. The third kappa shape index (κ3) is 7.15. The molecule has 0 spiro atoms. The Morgan fingerprint density at radius 3 is 2.66 bits per heavy atom. The fourth-order valence-corrected chi connectivity index (χ4v) is 7.70. The number of halogens is 2. The molecule has 0 N–H and O–H groups in total. The van der Waals surface area contributed by atoms with E-state index in [0.717, 1.165) is 27.8 Å². The van der Waals surface area contributed by atoms with Crippen molar-refractivity contribution < 1.29 is 31.5 Å². The molecular formula is C32H37F2N7O5S. The third-order valence-corrected chi connectivity index (χ3v) is 10.5. The van der Waals surface area contributed by atoms with Crippen LogP contribution in [0.1, 0.15) is 31.5 Å². The van der Waals surface area contributed by atoms with Crippen LogP contribution in [0.15, 0.2) is 60.0 Å². The largest absolute Gasteiger partial charge is 0.493 e. The highest BCUT2D eigenvalue weighted by atomic mass is 32.2. The molecule has 15 heteroatoms. The van der Waals surface area contributed by atoms with Crippen LogP contribution in [0.25, 0.3) is 11.4 Å². The lowest BCUT2D eigenvalue weighted by atomic mass is 9.96. The van der Waals surface area contributed by atoms with E-state index in [-0.39, 0.29) is 31.5 Å². The third-order valence-electron chi connectivity index (χ3n) is 8.63. The van der Waals surface area contributed by atoms with Gasteiger partial charge in [-0.25, -0.2) is 27.2 Å². The number of hydrogen-bond acceptors (Lipinski definition) is 8. The topological polar surface area (TPSA) is 125 Å². The number of carbonyl (C=O) groups is 1. The molecule has 6 rings (SSSR count). The summed E-state index contributed by atoms with van der Waals surface area (Å²) in [7, 11) is -2.92. The van der Waals surface area contributed by atoms with Crippen molar-refractivity contribution in [1.29, 1.82) is 0 Å². The Labute approximate surface area is 272 Å². The van der Waals surface area contributed by atoms with E-state index >= 15 is 0 Å². The molecule has 12 nitrogen and oxygen atoms in total. The van der Waals surface area contributed by atoms with E-state index in [1.807, 2.05) is 26.4 Å². The van der Waals surface area contributed by atoms with Crippen molar-refractivity contribution in [3.05, 3.63) is 72.6 Å². The van der Waals surface area contributed by atoms with Crippen molar-refractivity contribution in [3.63, 3.8) is 0 Å². The van der Waals surface area contributed by atoms with Gasteiger partial charge < -0.3 is 18.9 Å². The number of nitrogens with zero attached hydrogens (tertiary/aromatic N) is 7. The summed E-state index contributed by atoms with van der Waals surface area (Å²) in [6, 6.07) is 7.75. The highest BCUT2D eigenvalue weighted by Crippen LogP contribution is 2.33. The highest BCUT2D eigenvalue weighted by molar-refractivity contribution is 7.89. The molecule has 47 heavy (non-hydrogen) atoms. The number of fused-ring (bicyclic) bond motifs is 5. The van der Waals surface area contributed by atoms with Crippen molar-refractivity contribution in [3.8, 4) is 22.9 Å². The van der Waals surface area contributed by atoms with Crippen molar-refractivity contribution in [1.82, 2.24) is 33.5 Å². The highest BCUT2D eigenvalue weighted by Gasteiger charge is 2.31. The quantitative estimate of drug-likeness (QED) is 0.322. The van der Waals surface area contributed by atoms with Gasteiger partial charge >= 0.3 is 0 Å². The van der Waals surface area contributed by atoms with Crippen LogP contribution < -0.4 is 9.47 Å². The molecule has 250 valence electrons. The van der Waals surface area contributed by atoms with E-state index in [9.17, 15) is 22.0 Å². The van der Waals surface area contributed by atoms with Gasteiger partial charge in [0.15, 0.2) is 11.5 Å². The lowest BCUT2D eigenvalue weighted by Gasteiger charge is -2.30. The van der Waals surface area contributed by atoms with Gasteiger partial charge in [0, 0.05) is 69.6 Å². The number of ether oxygens (including phenoxy) is 2. The molecular weight excluding hydrogens is 632 g/mol. The summed E-state index contributed by atoms with van der Waals surface area (Å²) in [5.74, 6) is 0.229. The molecule has 4 aromatic rings. The van der Waals surface area contributed by atoms with Gasteiger partial charge in [-0.05, 0) is 62.1 Å². The number of methoxy groups -OCH3 is 1. The summed E-state index contributed by atoms with van der Waals surface area (Å²) in [5.41, 5.74) is 0.765. The van der Waals surface area contributed by atoms with Gasteiger partial charge in [-0.3, -0.25) is 9.48 Å². The maximum Gasteiger partial charge on any atom is 0.246 e. The van der Waals surface area contributed by atoms with Crippen molar-refractivity contribution in [2.45, 2.75) is 50.1 Å². The van der Waals surface area contributed by atoms with Crippen LogP contribution in [0.2, 0.25) is 0 Å². The van der Waals surface area contributed by atoms with Gasteiger partial charge in [0.1, 0.15) is 41.1 Å². The number of aryl methyl sites for hydroxylation is 2. The van der Waals surface area contributed by atoms with Crippen LogP contribution in [0, 0.1) is 17.6 Å². The van der Waals surface area contributed by atoms with E-state index in [0.29, 0.717) is 81.7 Å². The smallest absolute Gasteiger partial charge is 0.246 e. The first-order valence-electron chi connectivity index (χ1n) is 15.7. The zero-order valence-corrected chi connectivity index (χ0v) is 26.9. The monoisotopic (exact) mass is 669 g/mol. The molecule has 2 aliphatic heterocycles. The second-order valence-corrected chi connectivity index (χ2v) is 13.5. The number of aromatic nitrogens is 5.